The second kappa shape index (κ2) is 12.3. The molecule has 0 aliphatic carbocycles. The number of carbonyl (C=O) groups is 3. The number of hydrogen-bond acceptors (Lipinski definition) is 6. The number of carbonyl (C=O) groups excluding carboxylic acids is 3. The average molecular weight is 541 g/mol. The van der Waals surface area contributed by atoms with E-state index in [1.807, 2.05) is 91.0 Å². The lowest BCUT2D eigenvalue weighted by Gasteiger charge is -2.47. The molecule has 0 spiro atoms. The standard InChI is InChI=1S/C32H32N2O6/c1-21(2)28(32(37)40-29(23-14-8-4-9-15-23)24-16-10-5-11-17-24)34-30(36)27(31(34)39-20-25-19-38-25)33-26(35)18-22-12-6-3-7-13-22/h3-17,25,27,29,31H,18-20H2,1-2H3,(H,33,35). The van der Waals surface area contributed by atoms with E-state index in [-0.39, 0.29) is 30.7 Å². The average Bonchev–Trinajstić information content (AvgIpc) is 3.80. The SMILES string of the molecule is CC(C)=C(C(=O)OC(c1ccccc1)c1ccccc1)N1C(=O)C(NC(=O)Cc2ccccc2)C1OCC1CO1. The van der Waals surface area contributed by atoms with Gasteiger partial charge in [-0.1, -0.05) is 91.0 Å². The van der Waals surface area contributed by atoms with Crippen LogP contribution < -0.4 is 5.32 Å². The van der Waals surface area contributed by atoms with E-state index in [0.29, 0.717) is 12.2 Å². The summed E-state index contributed by atoms with van der Waals surface area (Å²) in [6.07, 6.45) is -1.50. The number of β-lactam (4-membered cyclic amide) rings is 1. The van der Waals surface area contributed by atoms with Crippen molar-refractivity contribution in [2.45, 2.75) is 44.7 Å². The summed E-state index contributed by atoms with van der Waals surface area (Å²) in [6, 6.07) is 27.2. The van der Waals surface area contributed by atoms with Crippen LogP contribution in [0.1, 0.15) is 36.6 Å². The summed E-state index contributed by atoms with van der Waals surface area (Å²) in [4.78, 5) is 41.3. The number of rotatable bonds is 11. The first-order chi connectivity index (χ1) is 19.4. The van der Waals surface area contributed by atoms with Crippen LogP contribution in [0.2, 0.25) is 0 Å². The molecular weight excluding hydrogens is 508 g/mol. The number of benzene rings is 3. The predicted octanol–water partition coefficient (Wildman–Crippen LogP) is 3.92. The third-order valence-corrected chi connectivity index (χ3v) is 6.76. The Balaban J connectivity index is 1.36. The summed E-state index contributed by atoms with van der Waals surface area (Å²) < 4.78 is 17.4. The van der Waals surface area contributed by atoms with Crippen LogP contribution in [0.15, 0.2) is 102 Å². The third kappa shape index (κ3) is 6.30. The molecule has 2 aliphatic heterocycles. The molecule has 0 aromatic heterocycles. The zero-order valence-corrected chi connectivity index (χ0v) is 22.5. The van der Waals surface area contributed by atoms with Crippen LogP contribution in [0.25, 0.3) is 0 Å². The van der Waals surface area contributed by atoms with E-state index in [1.165, 1.54) is 4.90 Å². The molecule has 2 fully saturated rings. The highest BCUT2D eigenvalue weighted by atomic mass is 16.6. The van der Waals surface area contributed by atoms with E-state index >= 15 is 0 Å². The van der Waals surface area contributed by atoms with Crippen molar-refractivity contribution in [3.63, 3.8) is 0 Å². The molecule has 1 N–H and O–H groups in total. The lowest BCUT2D eigenvalue weighted by Crippen LogP contribution is -2.72. The van der Waals surface area contributed by atoms with Crippen LogP contribution in [-0.2, 0) is 35.0 Å². The van der Waals surface area contributed by atoms with Gasteiger partial charge in [-0.05, 0) is 36.1 Å². The zero-order valence-electron chi connectivity index (χ0n) is 22.5. The van der Waals surface area contributed by atoms with Crippen molar-refractivity contribution < 1.29 is 28.6 Å². The van der Waals surface area contributed by atoms with Gasteiger partial charge in [0.2, 0.25) is 5.91 Å². The molecule has 2 aliphatic rings. The lowest BCUT2D eigenvalue weighted by molar-refractivity contribution is -0.183. The van der Waals surface area contributed by atoms with Crippen LogP contribution in [0.3, 0.4) is 0 Å². The van der Waals surface area contributed by atoms with Gasteiger partial charge in [-0.3, -0.25) is 14.5 Å². The van der Waals surface area contributed by atoms with Gasteiger partial charge in [0, 0.05) is 0 Å². The molecule has 3 aromatic rings. The van der Waals surface area contributed by atoms with Crippen LogP contribution in [0.5, 0.6) is 0 Å². The van der Waals surface area contributed by atoms with Gasteiger partial charge in [-0.15, -0.1) is 0 Å². The van der Waals surface area contributed by atoms with Gasteiger partial charge in [-0.25, -0.2) is 4.79 Å². The van der Waals surface area contributed by atoms with Gasteiger partial charge in [0.15, 0.2) is 18.4 Å². The summed E-state index contributed by atoms with van der Waals surface area (Å²) in [5.41, 5.74) is 3.11. The summed E-state index contributed by atoms with van der Waals surface area (Å²) in [6.45, 7) is 4.29. The Hall–Kier alpha value is -4.27. The number of likely N-dealkylation sites (tertiary alicyclic amines) is 1. The molecule has 0 radical (unpaired) electrons. The van der Waals surface area contributed by atoms with Crippen molar-refractivity contribution in [2.75, 3.05) is 13.2 Å². The summed E-state index contributed by atoms with van der Waals surface area (Å²) in [5, 5.41) is 2.79. The molecule has 2 saturated heterocycles. The Bertz CT molecular complexity index is 1330. The van der Waals surface area contributed by atoms with Gasteiger partial charge in [0.05, 0.1) is 19.6 Å². The molecule has 5 rings (SSSR count). The Morgan fingerprint density at radius 3 is 2.00 bits per heavy atom. The number of nitrogens with one attached hydrogen (secondary N) is 1. The maximum absolute atomic E-state index is 13.7. The fourth-order valence-electron chi connectivity index (χ4n) is 4.67. The first-order valence-electron chi connectivity index (χ1n) is 13.3. The highest BCUT2D eigenvalue weighted by Crippen LogP contribution is 2.33. The zero-order chi connectivity index (χ0) is 28.1. The topological polar surface area (TPSA) is 97.5 Å². The Kier molecular flexibility index (Phi) is 8.38. The normalized spacial score (nSPS) is 19.5. The number of ether oxygens (including phenoxy) is 3. The highest BCUT2D eigenvalue weighted by Gasteiger charge is 2.53. The quantitative estimate of drug-likeness (QED) is 0.171. The van der Waals surface area contributed by atoms with Gasteiger partial charge in [0.25, 0.3) is 5.91 Å². The Morgan fingerprint density at radius 2 is 1.48 bits per heavy atom. The molecule has 2 heterocycles. The summed E-state index contributed by atoms with van der Waals surface area (Å²) in [7, 11) is 0. The van der Waals surface area contributed by atoms with Gasteiger partial charge >= 0.3 is 5.97 Å². The molecule has 2 amide bonds. The van der Waals surface area contributed by atoms with Crippen molar-refractivity contribution >= 4 is 17.8 Å². The fraction of sp³-hybridized carbons (Fsp3) is 0.281. The van der Waals surface area contributed by atoms with E-state index < -0.39 is 30.3 Å². The molecule has 0 bridgehead atoms. The monoisotopic (exact) mass is 540 g/mol. The minimum Gasteiger partial charge on any atom is -0.448 e. The smallest absolute Gasteiger partial charge is 0.356 e. The van der Waals surface area contributed by atoms with E-state index in [0.717, 1.165) is 16.7 Å². The second-order valence-corrected chi connectivity index (χ2v) is 10.1. The highest BCUT2D eigenvalue weighted by molar-refractivity contribution is 6.01. The minimum atomic E-state index is -0.934. The summed E-state index contributed by atoms with van der Waals surface area (Å²) in [5.74, 6) is -1.40. The van der Waals surface area contributed by atoms with Crippen molar-refractivity contribution in [1.82, 2.24) is 10.2 Å². The van der Waals surface area contributed by atoms with E-state index in [9.17, 15) is 14.4 Å². The number of esters is 1. The maximum Gasteiger partial charge on any atom is 0.356 e. The number of epoxide rings is 1. The van der Waals surface area contributed by atoms with Gasteiger partial charge in [0.1, 0.15) is 11.8 Å². The number of allylic oxidation sites excluding steroid dienone is 1. The van der Waals surface area contributed by atoms with Crippen molar-refractivity contribution in [3.05, 3.63) is 119 Å². The van der Waals surface area contributed by atoms with Crippen LogP contribution >= 0.6 is 0 Å². The third-order valence-electron chi connectivity index (χ3n) is 6.76. The molecule has 206 valence electrons. The Labute approximate surface area is 233 Å². The van der Waals surface area contributed by atoms with Gasteiger partial charge in [-0.2, -0.15) is 0 Å². The fourth-order valence-corrected chi connectivity index (χ4v) is 4.67. The molecule has 3 unspecified atom stereocenters. The molecule has 3 atom stereocenters. The largest absolute Gasteiger partial charge is 0.448 e. The predicted molar refractivity (Wildman–Crippen MR) is 148 cm³/mol. The van der Waals surface area contributed by atoms with Crippen LogP contribution in [-0.4, -0.2) is 54.3 Å². The molecule has 8 heteroatoms. The first kappa shape index (κ1) is 27.3. The molecular formula is C32H32N2O6. The van der Waals surface area contributed by atoms with Crippen LogP contribution in [0, 0.1) is 0 Å². The van der Waals surface area contributed by atoms with Crippen molar-refractivity contribution in [2.24, 2.45) is 0 Å². The van der Waals surface area contributed by atoms with E-state index in [1.54, 1.807) is 13.8 Å². The molecule has 0 saturated carbocycles. The maximum atomic E-state index is 13.7. The number of amides is 2. The second-order valence-electron chi connectivity index (χ2n) is 10.1. The lowest BCUT2D eigenvalue weighted by atomic mass is 9.99. The van der Waals surface area contributed by atoms with E-state index in [4.69, 9.17) is 14.2 Å². The summed E-state index contributed by atoms with van der Waals surface area (Å²) >= 11 is 0. The van der Waals surface area contributed by atoms with Crippen molar-refractivity contribution in [1.29, 1.82) is 0 Å². The van der Waals surface area contributed by atoms with E-state index in [2.05, 4.69) is 5.32 Å². The molecule has 8 nitrogen and oxygen atoms in total. The Morgan fingerprint density at radius 1 is 0.925 bits per heavy atom. The van der Waals surface area contributed by atoms with Gasteiger partial charge < -0.3 is 19.5 Å². The molecule has 40 heavy (non-hydrogen) atoms. The van der Waals surface area contributed by atoms with Crippen molar-refractivity contribution in [3.8, 4) is 0 Å². The minimum absolute atomic E-state index is 0.0686. The van der Waals surface area contributed by atoms with Crippen LogP contribution in [0.4, 0.5) is 0 Å². The first-order valence-corrected chi connectivity index (χ1v) is 13.3. The number of hydrogen-bond donors (Lipinski definition) is 1. The molecule has 3 aromatic carbocycles. The number of nitrogens with zero attached hydrogens (tertiary/aromatic N) is 1.